The fraction of sp³-hybridized carbons (Fsp3) is 0.0556. The van der Waals surface area contributed by atoms with Crippen molar-refractivity contribution >= 4 is 11.7 Å². The minimum absolute atomic E-state index is 0.0263. The molecular weight excluding hydrogens is 380 g/mol. The van der Waals surface area contributed by atoms with E-state index in [1.54, 1.807) is 31.2 Å². The molecule has 11 nitrogen and oxygen atoms in total. The zero-order valence-corrected chi connectivity index (χ0v) is 14.9. The summed E-state index contributed by atoms with van der Waals surface area (Å²) in [6, 6.07) is 10.4. The van der Waals surface area contributed by atoms with Crippen molar-refractivity contribution in [2.24, 2.45) is 0 Å². The van der Waals surface area contributed by atoms with E-state index in [9.17, 15) is 14.9 Å². The van der Waals surface area contributed by atoms with E-state index in [1.807, 2.05) is 0 Å². The van der Waals surface area contributed by atoms with Crippen LogP contribution in [0.25, 0.3) is 17.1 Å². The molecule has 0 bridgehead atoms. The molecule has 0 amide bonds. The van der Waals surface area contributed by atoms with Crippen LogP contribution in [0.5, 0.6) is 5.75 Å². The van der Waals surface area contributed by atoms with Crippen LogP contribution in [0.4, 0.5) is 5.69 Å². The van der Waals surface area contributed by atoms with Crippen LogP contribution >= 0.6 is 0 Å². The third-order valence-corrected chi connectivity index (χ3v) is 3.92. The van der Waals surface area contributed by atoms with Crippen molar-refractivity contribution in [3.05, 3.63) is 76.7 Å². The fourth-order valence-corrected chi connectivity index (χ4v) is 2.58. The Labute approximate surface area is 162 Å². The van der Waals surface area contributed by atoms with Gasteiger partial charge in [0.25, 0.3) is 5.69 Å². The summed E-state index contributed by atoms with van der Waals surface area (Å²) < 4.78 is 11.5. The maximum absolute atomic E-state index is 12.4. The molecule has 0 radical (unpaired) electrons. The van der Waals surface area contributed by atoms with Gasteiger partial charge >= 0.3 is 5.97 Å². The highest BCUT2D eigenvalue weighted by atomic mass is 16.6. The second-order valence-electron chi connectivity index (χ2n) is 5.85. The average molecular weight is 392 g/mol. The van der Waals surface area contributed by atoms with Crippen molar-refractivity contribution in [2.75, 3.05) is 0 Å². The number of rotatable bonds is 5. The maximum Gasteiger partial charge on any atom is 0.343 e. The first-order valence-corrected chi connectivity index (χ1v) is 8.27. The van der Waals surface area contributed by atoms with Gasteiger partial charge in [-0.15, -0.1) is 0 Å². The van der Waals surface area contributed by atoms with Crippen molar-refractivity contribution in [1.82, 2.24) is 24.9 Å². The Morgan fingerprint density at radius 1 is 1.21 bits per heavy atom. The minimum Gasteiger partial charge on any atom is -0.423 e. The van der Waals surface area contributed by atoms with Crippen LogP contribution in [0, 0.1) is 17.0 Å². The van der Waals surface area contributed by atoms with E-state index < -0.39 is 10.9 Å². The molecule has 0 aliphatic carbocycles. The van der Waals surface area contributed by atoms with Crippen LogP contribution in [0.1, 0.15) is 16.2 Å². The monoisotopic (exact) mass is 392 g/mol. The van der Waals surface area contributed by atoms with Crippen LogP contribution in [0.2, 0.25) is 0 Å². The lowest BCUT2D eigenvalue weighted by molar-refractivity contribution is -0.384. The largest absolute Gasteiger partial charge is 0.423 e. The number of carbonyl (C=O) groups excluding carboxylic acids is 1. The Bertz CT molecular complexity index is 1180. The number of aromatic nitrogens is 5. The first-order valence-electron chi connectivity index (χ1n) is 8.27. The first-order chi connectivity index (χ1) is 14.0. The SMILES string of the molecule is Cc1nc(-c2ccc(OC(=O)c3ccc(-n4cncn4)c([N+](=O)[O-])c3)cc2)no1. The van der Waals surface area contributed by atoms with Crippen LogP contribution in [0.15, 0.2) is 59.6 Å². The van der Waals surface area contributed by atoms with Crippen LogP contribution < -0.4 is 4.74 Å². The Hall–Kier alpha value is -4.41. The first kappa shape index (κ1) is 18.0. The van der Waals surface area contributed by atoms with Gasteiger partial charge in [0.05, 0.1) is 10.5 Å². The Kier molecular flexibility index (Phi) is 4.53. The van der Waals surface area contributed by atoms with Gasteiger partial charge in [-0.05, 0) is 36.4 Å². The van der Waals surface area contributed by atoms with Crippen molar-refractivity contribution in [1.29, 1.82) is 0 Å². The predicted molar refractivity (Wildman–Crippen MR) is 97.4 cm³/mol. The van der Waals surface area contributed by atoms with Gasteiger partial charge in [-0.1, -0.05) is 5.16 Å². The van der Waals surface area contributed by atoms with Crippen molar-refractivity contribution < 1.29 is 19.0 Å². The molecule has 0 N–H and O–H groups in total. The van der Waals surface area contributed by atoms with Gasteiger partial charge in [0, 0.05) is 18.6 Å². The Morgan fingerprint density at radius 3 is 2.62 bits per heavy atom. The minimum atomic E-state index is -0.735. The molecule has 2 aromatic heterocycles. The van der Waals surface area contributed by atoms with Gasteiger partial charge in [-0.25, -0.2) is 14.5 Å². The number of aryl methyl sites for hydroxylation is 1. The van der Waals surface area contributed by atoms with Gasteiger partial charge in [0.15, 0.2) is 0 Å². The normalized spacial score (nSPS) is 10.7. The number of ether oxygens (including phenoxy) is 1. The predicted octanol–water partition coefficient (Wildman–Crippen LogP) is 2.75. The van der Waals surface area contributed by atoms with Crippen molar-refractivity contribution in [3.8, 4) is 22.8 Å². The molecule has 0 saturated heterocycles. The quantitative estimate of drug-likeness (QED) is 0.217. The fourth-order valence-electron chi connectivity index (χ4n) is 2.58. The Morgan fingerprint density at radius 2 is 2.00 bits per heavy atom. The summed E-state index contributed by atoms with van der Waals surface area (Å²) in [6.45, 7) is 1.68. The lowest BCUT2D eigenvalue weighted by atomic mass is 10.1. The summed E-state index contributed by atoms with van der Waals surface area (Å²) >= 11 is 0. The number of nitro groups is 1. The molecule has 2 aromatic carbocycles. The number of nitro benzene ring substituents is 1. The second kappa shape index (κ2) is 7.31. The summed E-state index contributed by atoms with van der Waals surface area (Å²) in [5, 5.41) is 19.1. The lowest BCUT2D eigenvalue weighted by Gasteiger charge is -2.07. The van der Waals surface area contributed by atoms with Gasteiger partial charge in [-0.3, -0.25) is 10.1 Å². The van der Waals surface area contributed by atoms with E-state index >= 15 is 0 Å². The summed E-state index contributed by atoms with van der Waals surface area (Å²) in [7, 11) is 0. The zero-order valence-electron chi connectivity index (χ0n) is 14.9. The lowest BCUT2D eigenvalue weighted by Crippen LogP contribution is -2.10. The molecule has 0 fully saturated rings. The number of esters is 1. The van der Waals surface area contributed by atoms with Gasteiger partial charge in [0.2, 0.25) is 11.7 Å². The number of hydrogen-bond donors (Lipinski definition) is 0. The summed E-state index contributed by atoms with van der Waals surface area (Å²) in [6.07, 6.45) is 2.58. The highest BCUT2D eigenvalue weighted by Gasteiger charge is 2.20. The third kappa shape index (κ3) is 3.69. The number of benzene rings is 2. The maximum atomic E-state index is 12.4. The topological polar surface area (TPSA) is 139 Å². The molecule has 144 valence electrons. The molecule has 2 heterocycles. The number of nitrogens with zero attached hydrogens (tertiary/aromatic N) is 6. The molecular formula is C18H12N6O5. The van der Waals surface area contributed by atoms with Gasteiger partial charge in [-0.2, -0.15) is 10.1 Å². The summed E-state index contributed by atoms with van der Waals surface area (Å²) in [5.74, 6) is 0.384. The van der Waals surface area contributed by atoms with E-state index in [1.165, 1.54) is 29.5 Å². The molecule has 29 heavy (non-hydrogen) atoms. The van der Waals surface area contributed by atoms with Gasteiger partial charge < -0.3 is 9.26 Å². The Balaban J connectivity index is 1.55. The van der Waals surface area contributed by atoms with E-state index in [4.69, 9.17) is 9.26 Å². The third-order valence-electron chi connectivity index (χ3n) is 3.92. The average Bonchev–Trinajstić information content (AvgIpc) is 3.40. The highest BCUT2D eigenvalue weighted by Crippen LogP contribution is 2.25. The molecule has 4 aromatic rings. The number of carbonyl (C=O) groups is 1. The van der Waals surface area contributed by atoms with Crippen molar-refractivity contribution in [2.45, 2.75) is 6.92 Å². The molecule has 0 spiro atoms. The smallest absolute Gasteiger partial charge is 0.343 e. The molecule has 11 heteroatoms. The standard InChI is InChI=1S/C18H12N6O5/c1-11-21-17(22-29-11)12-2-5-14(6-3-12)28-18(25)13-4-7-15(16(8-13)24(26)27)23-10-19-9-20-23/h2-10H,1H3. The van der Waals surface area contributed by atoms with E-state index in [2.05, 4.69) is 20.2 Å². The molecule has 0 aliphatic heterocycles. The highest BCUT2D eigenvalue weighted by molar-refractivity contribution is 5.92. The van der Waals surface area contributed by atoms with Gasteiger partial charge in [0.1, 0.15) is 24.1 Å². The molecule has 0 aliphatic rings. The van der Waals surface area contributed by atoms with Crippen molar-refractivity contribution in [3.63, 3.8) is 0 Å². The van der Waals surface area contributed by atoms with E-state index in [0.29, 0.717) is 17.3 Å². The summed E-state index contributed by atoms with van der Waals surface area (Å²) in [4.78, 5) is 31.1. The molecule has 0 unspecified atom stereocenters. The zero-order chi connectivity index (χ0) is 20.4. The molecule has 0 saturated carbocycles. The van der Waals surface area contributed by atoms with E-state index in [0.717, 1.165) is 6.07 Å². The summed E-state index contributed by atoms with van der Waals surface area (Å²) in [5.41, 5.74) is 0.601. The molecule has 4 rings (SSSR count). The van der Waals surface area contributed by atoms with Crippen LogP contribution in [-0.2, 0) is 0 Å². The second-order valence-corrected chi connectivity index (χ2v) is 5.85. The van der Waals surface area contributed by atoms with Crippen LogP contribution in [-0.4, -0.2) is 35.8 Å². The molecule has 0 atom stereocenters. The van der Waals surface area contributed by atoms with E-state index in [-0.39, 0.29) is 22.7 Å². The van der Waals surface area contributed by atoms with Crippen LogP contribution in [0.3, 0.4) is 0 Å². The number of hydrogen-bond acceptors (Lipinski definition) is 9.